The van der Waals surface area contributed by atoms with Crippen molar-refractivity contribution in [2.24, 2.45) is 0 Å². The molecule has 0 unspecified atom stereocenters. The van der Waals surface area contributed by atoms with Gasteiger partial charge in [-0.25, -0.2) is 9.59 Å². The van der Waals surface area contributed by atoms with E-state index in [0.29, 0.717) is 68.1 Å². The van der Waals surface area contributed by atoms with Crippen LogP contribution in [0.25, 0.3) is 0 Å². The molecule has 0 saturated heterocycles. The normalized spacial score (nSPS) is 10.4. The van der Waals surface area contributed by atoms with Gasteiger partial charge in [-0.15, -0.1) is 0 Å². The molecule has 0 aromatic heterocycles. The number of phenols is 26. The van der Waals surface area contributed by atoms with Crippen molar-refractivity contribution in [1.29, 1.82) is 0 Å². The van der Waals surface area contributed by atoms with Crippen LogP contribution in [0.1, 0.15) is 73.3 Å². The molecule has 33 N–H and O–H groups in total. The third kappa shape index (κ3) is 32.9. The van der Waals surface area contributed by atoms with Crippen LogP contribution in [-0.4, -0.2) is 174 Å². The van der Waals surface area contributed by atoms with Crippen molar-refractivity contribution in [1.82, 2.24) is 26.2 Å². The van der Waals surface area contributed by atoms with Crippen molar-refractivity contribution in [3.63, 3.8) is 0 Å². The lowest BCUT2D eigenvalue weighted by Crippen LogP contribution is -2.30. The third-order valence-corrected chi connectivity index (χ3v) is 18.9. The Morgan fingerprint density at radius 3 is 0.746 bits per heavy atom. The average molecular weight is 1850 g/mol. The lowest BCUT2D eigenvalue weighted by Gasteiger charge is -2.23. The number of carbonyl (C=O) groups excluding carboxylic acids is 5. The third-order valence-electron chi connectivity index (χ3n) is 18.9. The lowest BCUT2D eigenvalue weighted by molar-refractivity contribution is -0.126. The van der Waals surface area contributed by atoms with Crippen molar-refractivity contribution >= 4 is 46.7 Å². The van der Waals surface area contributed by atoms with Crippen molar-refractivity contribution in [2.75, 3.05) is 22.5 Å². The predicted octanol–water partition coefficient (Wildman–Crippen LogP) is 12.1. The van der Waals surface area contributed by atoms with E-state index in [4.69, 9.17) is 20.4 Å². The number of anilines is 3. The van der Waals surface area contributed by atoms with Crippen LogP contribution in [0.5, 0.6) is 149 Å². The Morgan fingerprint density at radius 2 is 0.448 bits per heavy atom. The number of Topliss-reactive ketones (excluding diaryl/α,β-unsaturated/α-hetero) is 1. The Kier molecular flexibility index (Phi) is 36.7. The summed E-state index contributed by atoms with van der Waals surface area (Å²) in [5.41, 5.74) is 7.60. The summed E-state index contributed by atoms with van der Waals surface area (Å²) in [4.78, 5) is 60.8. The highest BCUT2D eigenvalue weighted by Gasteiger charge is 2.18. The fourth-order valence-electron chi connectivity index (χ4n) is 11.8. The Balaban J connectivity index is 0.000000199. The minimum atomic E-state index is -0.611. The number of hydrogen-bond acceptors (Lipinski definition) is 33. The minimum absolute atomic E-state index is 0.00325. The van der Waals surface area contributed by atoms with E-state index in [2.05, 4.69) is 37.2 Å². The van der Waals surface area contributed by atoms with Gasteiger partial charge in [-0.3, -0.25) is 19.3 Å². The van der Waals surface area contributed by atoms with Gasteiger partial charge < -0.3 is 170 Å². The maximum atomic E-state index is 11.9. The number of aromatic hydroxyl groups is 26. The van der Waals surface area contributed by atoms with E-state index in [-0.39, 0.29) is 216 Å². The first-order valence-electron chi connectivity index (χ1n) is 39.9. The second-order valence-electron chi connectivity index (χ2n) is 29.3. The van der Waals surface area contributed by atoms with Gasteiger partial charge in [0.1, 0.15) is 0 Å². The van der Waals surface area contributed by atoms with Crippen LogP contribution in [-0.2, 0) is 68.2 Å². The Bertz CT molecular complexity index is 5980. The van der Waals surface area contributed by atoms with Crippen LogP contribution >= 0.6 is 0 Å². The van der Waals surface area contributed by atoms with E-state index < -0.39 is 12.1 Å². The maximum Gasteiger partial charge on any atom is 0.323 e. The van der Waals surface area contributed by atoms with E-state index in [1.807, 2.05) is 4.90 Å². The number of rotatable bonds is 26. The quantitative estimate of drug-likeness (QED) is 0.0136. The summed E-state index contributed by atoms with van der Waals surface area (Å²) in [6.07, 6.45) is 0.480. The average Bonchev–Trinajstić information content (AvgIpc) is 0.801. The maximum absolute atomic E-state index is 11.9. The first-order valence-corrected chi connectivity index (χ1v) is 39.9. The summed E-state index contributed by atoms with van der Waals surface area (Å²) in [6.45, 7) is 2.87. The summed E-state index contributed by atoms with van der Waals surface area (Å²) in [7, 11) is 0. The fraction of sp³-hybridized carbons (Fsp3) is 0.126. The molecule has 0 radical (unpaired) electrons. The van der Waals surface area contributed by atoms with E-state index >= 15 is 0 Å². The molecular formula is C95H96N8O31. The highest BCUT2D eigenvalue weighted by atomic mass is 16.3. The molecule has 134 heavy (non-hydrogen) atoms. The summed E-state index contributed by atoms with van der Waals surface area (Å²) >= 11 is 0. The molecule has 0 fully saturated rings. The second kappa shape index (κ2) is 48.6. The molecule has 702 valence electrons. The number of hydrogen-bond donors (Lipinski definition) is 33. The van der Waals surface area contributed by atoms with Crippen molar-refractivity contribution in [2.45, 2.75) is 71.5 Å². The number of nitrogens with one attached hydrogen (secondary N) is 7. The van der Waals surface area contributed by atoms with E-state index in [1.54, 1.807) is 48.5 Å². The molecule has 0 aliphatic heterocycles. The van der Waals surface area contributed by atoms with Gasteiger partial charge in [-0.1, -0.05) is 54.6 Å². The zero-order valence-electron chi connectivity index (χ0n) is 70.6. The molecule has 0 atom stereocenters. The highest BCUT2D eigenvalue weighted by Crippen LogP contribution is 2.37. The molecular weight excluding hydrogens is 1750 g/mol. The van der Waals surface area contributed by atoms with Gasteiger partial charge in [-0.05, 0) is 220 Å². The smallest absolute Gasteiger partial charge is 0.323 e. The fourth-order valence-corrected chi connectivity index (χ4v) is 11.8. The van der Waals surface area contributed by atoms with Crippen LogP contribution in [0, 0.1) is 0 Å². The van der Waals surface area contributed by atoms with Crippen LogP contribution in [0.15, 0.2) is 237 Å². The Morgan fingerprint density at radius 1 is 0.216 bits per heavy atom. The van der Waals surface area contributed by atoms with Gasteiger partial charge in [0.25, 0.3) is 0 Å². The SMILES string of the molecule is O=C(CCC(=O)NCc1ccc(O)c(O)c1)NCc1ccc(O)c(O)c1.O=C(Cc1ccc(O)c(O)c1)c1ccc(O)c(O)c1.O=C(NCCc1ccc(O)c(O)c1)Nc1ccc(O)c(O)c1.O=C(Nc1ccc(O)c(O)c1)Nc1ccc(O)c(O)c1.Oc1ccc(CN(Cc2ccc(O)c(O)c2)Cc2ccc(O)c(O)c2)cc1O.Oc1ccc(CNCc2ccc(O)c(O)c2)cc1O. The molecule has 13 rings (SSSR count). The Labute approximate surface area is 761 Å². The number of phenolic OH excluding ortho intramolecular Hbond substituents is 26. The summed E-state index contributed by atoms with van der Waals surface area (Å²) < 4.78 is 0. The highest BCUT2D eigenvalue weighted by molar-refractivity contribution is 6.00. The molecule has 0 spiro atoms. The topological polar surface area (TPSA) is 699 Å². The van der Waals surface area contributed by atoms with Gasteiger partial charge in [0.2, 0.25) is 11.8 Å². The molecule has 39 nitrogen and oxygen atoms in total. The van der Waals surface area contributed by atoms with Crippen molar-refractivity contribution < 1.29 is 157 Å². The van der Waals surface area contributed by atoms with Crippen molar-refractivity contribution in [3.8, 4) is 149 Å². The lowest BCUT2D eigenvalue weighted by atomic mass is 10.0. The van der Waals surface area contributed by atoms with Gasteiger partial charge >= 0.3 is 12.1 Å². The molecule has 0 saturated carbocycles. The van der Waals surface area contributed by atoms with Gasteiger partial charge in [0.05, 0.1) is 0 Å². The van der Waals surface area contributed by atoms with E-state index in [9.17, 15) is 136 Å². The number of benzene rings is 13. The summed E-state index contributed by atoms with van der Waals surface area (Å²) in [5, 5.41) is 261. The summed E-state index contributed by atoms with van der Waals surface area (Å²) in [6, 6.07) is 54.3. The van der Waals surface area contributed by atoms with Crippen molar-refractivity contribution in [3.05, 3.63) is 292 Å². The van der Waals surface area contributed by atoms with E-state index in [0.717, 1.165) is 33.4 Å². The molecule has 13 aromatic carbocycles. The number of ketones is 1. The van der Waals surface area contributed by atoms with E-state index in [1.165, 1.54) is 188 Å². The minimum Gasteiger partial charge on any atom is -0.504 e. The Hall–Kier alpha value is -18.3. The largest absolute Gasteiger partial charge is 0.504 e. The molecule has 0 heterocycles. The second-order valence-corrected chi connectivity index (χ2v) is 29.3. The zero-order chi connectivity index (χ0) is 98.0. The first kappa shape index (κ1) is 101. The molecule has 39 heteroatoms. The monoisotopic (exact) mass is 1840 g/mol. The molecule has 0 bridgehead atoms. The molecule has 13 aromatic rings. The van der Waals surface area contributed by atoms with Crippen LogP contribution in [0.3, 0.4) is 0 Å². The molecule has 0 aliphatic carbocycles. The standard InChI is InChI=1S/C21H21NO6.C18H20N2O6.C15H16N2O5.C14H15NO4.C14H12O5.C13H12N2O5/c23-16-4-1-13(7-19(16)26)10-22(11-14-2-5-17(24)20(27)8-14)12-15-3-6-18(25)21(28)9-15;21-13-3-1-11(7-15(13)23)9-19-17(25)5-6-18(26)20-10-12-2-4-14(22)16(24)8-12;18-11-3-1-9(7-13(11)20)5-6-16-15(22)17-10-2-4-12(19)14(21)8-10;16-11-3-1-9(5-13(11)18)7-15-8-10-2-4-12(17)14(19)6-10;15-10-3-1-8(6-13(10)18)5-12(17)9-2-4-11(16)14(19)7-9;16-9-3-1-7(5-11(9)18)14-13(20)15-8-2-4-10(17)12(19)6-8/h1-9,23-28H,10-12H2;1-4,7-8,21-24H,5-6,9-10H2,(H,19,25)(H,20,26);1-4,7-8,18-21H,5-6H2,(H2,16,17,22);1-6,15-19H,7-8H2;1-4,6-7,15-16,18-19H,5H2;1-6,16-19H,(H2,14,15,20). The first-order chi connectivity index (χ1) is 63.6. The number of nitrogens with zero attached hydrogens (tertiary/aromatic N) is 1. The van der Waals surface area contributed by atoms with Gasteiger partial charge in [-0.2, -0.15) is 0 Å². The number of carbonyl (C=O) groups is 5. The number of urea groups is 2. The zero-order valence-corrected chi connectivity index (χ0v) is 70.6. The van der Waals surface area contributed by atoms with Crippen LogP contribution in [0.2, 0.25) is 0 Å². The predicted molar refractivity (Wildman–Crippen MR) is 485 cm³/mol. The van der Waals surface area contributed by atoms with Gasteiger partial charge in [0.15, 0.2) is 155 Å². The number of amides is 6. The summed E-state index contributed by atoms with van der Waals surface area (Å²) in [5.74, 6) is -7.29. The van der Waals surface area contributed by atoms with Gasteiger partial charge in [0, 0.05) is 112 Å². The van der Waals surface area contributed by atoms with Crippen LogP contribution in [0.4, 0.5) is 26.7 Å². The van der Waals surface area contributed by atoms with Crippen LogP contribution < -0.4 is 37.2 Å². The molecule has 0 aliphatic rings. The molecule has 6 amide bonds.